The number of hydrogen-bond acceptors (Lipinski definition) is 2. The van der Waals surface area contributed by atoms with E-state index in [1.54, 1.807) is 11.8 Å². The average Bonchev–Trinajstić information content (AvgIpc) is 2.20. The molecule has 0 amide bonds. The van der Waals surface area contributed by atoms with Crippen LogP contribution in [0.2, 0.25) is 0 Å². The maximum Gasteiger partial charge on any atom is 0.133 e. The molecule has 1 aromatic rings. The van der Waals surface area contributed by atoms with Crippen LogP contribution in [0.3, 0.4) is 0 Å². The Hall–Kier alpha value is -0.760. The minimum absolute atomic E-state index is 0.121. The van der Waals surface area contributed by atoms with Gasteiger partial charge in [0.25, 0.3) is 0 Å². The van der Waals surface area contributed by atoms with Gasteiger partial charge in [-0.3, -0.25) is 0 Å². The lowest BCUT2D eigenvalue weighted by Crippen LogP contribution is -2.12. The van der Waals surface area contributed by atoms with Crippen LogP contribution < -0.4 is 0 Å². The lowest BCUT2D eigenvalue weighted by molar-refractivity contribution is -0.107. The molecule has 0 N–H and O–H groups in total. The molecule has 0 unspecified atom stereocenters. The molecule has 76 valence electrons. The van der Waals surface area contributed by atoms with Crippen LogP contribution in [-0.4, -0.2) is 11.5 Å². The van der Waals surface area contributed by atoms with Gasteiger partial charge in [0.15, 0.2) is 0 Å². The first-order valence-electron chi connectivity index (χ1n) is 4.85. The van der Waals surface area contributed by atoms with Crippen LogP contribution in [0.4, 0.5) is 0 Å². The molecule has 0 radical (unpaired) electrons. The summed E-state index contributed by atoms with van der Waals surface area (Å²) in [6.07, 6.45) is 1.05. The zero-order valence-corrected chi connectivity index (χ0v) is 9.46. The van der Waals surface area contributed by atoms with E-state index in [9.17, 15) is 4.79 Å². The normalized spacial score (nSPS) is 12.8. The molecular weight excluding hydrogens is 192 g/mol. The Morgan fingerprint density at radius 3 is 2.43 bits per heavy atom. The van der Waals surface area contributed by atoms with Crippen LogP contribution in [0.15, 0.2) is 30.3 Å². The molecule has 1 rings (SSSR count). The first kappa shape index (κ1) is 11.3. The summed E-state index contributed by atoms with van der Waals surface area (Å²) in [6.45, 7) is 4.16. The van der Waals surface area contributed by atoms with E-state index in [0.717, 1.165) is 12.0 Å². The van der Waals surface area contributed by atoms with Gasteiger partial charge < -0.3 is 4.79 Å². The van der Waals surface area contributed by atoms with Crippen molar-refractivity contribution >= 4 is 18.0 Å². The minimum atomic E-state index is 0.121. The van der Waals surface area contributed by atoms with Crippen LogP contribution in [0.1, 0.15) is 19.4 Å². The number of hydrogen-bond donors (Lipinski definition) is 0. The lowest BCUT2D eigenvalue weighted by atomic mass is 10.1. The molecule has 2 heteroatoms. The van der Waals surface area contributed by atoms with Gasteiger partial charge >= 0.3 is 0 Å². The lowest BCUT2D eigenvalue weighted by Gasteiger charge is -2.13. The quantitative estimate of drug-likeness (QED) is 0.691. The molecule has 1 atom stereocenters. The van der Waals surface area contributed by atoms with E-state index in [1.807, 2.05) is 18.2 Å². The summed E-state index contributed by atoms with van der Waals surface area (Å²) in [7, 11) is 0. The molecule has 0 aliphatic rings. The molecule has 0 spiro atoms. The summed E-state index contributed by atoms with van der Waals surface area (Å²) in [6, 6.07) is 10.3. The summed E-state index contributed by atoms with van der Waals surface area (Å²) in [5.41, 5.74) is 1.28. The third-order valence-electron chi connectivity index (χ3n) is 2.08. The highest BCUT2D eigenvalue weighted by molar-refractivity contribution is 7.99. The van der Waals surface area contributed by atoms with E-state index in [0.29, 0.717) is 5.92 Å². The number of carbonyl (C=O) groups is 1. The Morgan fingerprint density at radius 2 is 1.93 bits per heavy atom. The molecule has 0 fully saturated rings. The van der Waals surface area contributed by atoms with Gasteiger partial charge in [-0.2, -0.15) is 0 Å². The zero-order valence-electron chi connectivity index (χ0n) is 8.64. The summed E-state index contributed by atoms with van der Waals surface area (Å²) in [4.78, 5) is 10.7. The van der Waals surface area contributed by atoms with Crippen LogP contribution >= 0.6 is 11.8 Å². The Kier molecular flexibility index (Phi) is 4.74. The fraction of sp³-hybridized carbons (Fsp3) is 0.417. The summed E-state index contributed by atoms with van der Waals surface area (Å²) in [5, 5.41) is 0.121. The molecule has 0 aliphatic carbocycles. The van der Waals surface area contributed by atoms with Gasteiger partial charge in [-0.1, -0.05) is 44.2 Å². The predicted molar refractivity (Wildman–Crippen MR) is 62.4 cm³/mol. The Morgan fingerprint density at radius 1 is 1.29 bits per heavy atom. The van der Waals surface area contributed by atoms with Crippen molar-refractivity contribution < 1.29 is 4.79 Å². The van der Waals surface area contributed by atoms with Crippen LogP contribution in [0, 0.1) is 5.92 Å². The topological polar surface area (TPSA) is 17.1 Å². The molecule has 1 nitrogen and oxygen atoms in total. The third-order valence-corrected chi connectivity index (χ3v) is 3.62. The van der Waals surface area contributed by atoms with Gasteiger partial charge in [0, 0.05) is 5.75 Å². The average molecular weight is 208 g/mol. The fourth-order valence-electron chi connectivity index (χ4n) is 1.16. The minimum Gasteiger partial charge on any atom is -0.302 e. The molecule has 0 saturated heterocycles. The summed E-state index contributed by atoms with van der Waals surface area (Å²) in [5.74, 6) is 1.34. The summed E-state index contributed by atoms with van der Waals surface area (Å²) < 4.78 is 0. The van der Waals surface area contributed by atoms with Crippen molar-refractivity contribution in [2.24, 2.45) is 5.92 Å². The van der Waals surface area contributed by atoms with Crippen molar-refractivity contribution in [2.75, 3.05) is 0 Å². The highest BCUT2D eigenvalue weighted by Crippen LogP contribution is 2.21. The van der Waals surface area contributed by atoms with Gasteiger partial charge in [-0.05, 0) is 11.5 Å². The highest BCUT2D eigenvalue weighted by atomic mass is 32.2. The second-order valence-corrected chi connectivity index (χ2v) is 4.81. The third kappa shape index (κ3) is 3.54. The molecule has 0 bridgehead atoms. The predicted octanol–water partition coefficient (Wildman–Crippen LogP) is 3.14. The Labute approximate surface area is 89.9 Å². The SMILES string of the molecule is CC(C)[C@@H](C=O)SCc1ccccc1. The summed E-state index contributed by atoms with van der Waals surface area (Å²) >= 11 is 1.71. The van der Waals surface area contributed by atoms with Crippen LogP contribution in [-0.2, 0) is 10.5 Å². The van der Waals surface area contributed by atoms with Gasteiger partial charge in [0.1, 0.15) is 6.29 Å². The first-order chi connectivity index (χ1) is 6.74. The molecule has 0 saturated carbocycles. The Bertz CT molecular complexity index is 269. The van der Waals surface area contributed by atoms with Gasteiger partial charge in [-0.15, -0.1) is 11.8 Å². The smallest absolute Gasteiger partial charge is 0.133 e. The van der Waals surface area contributed by atoms with E-state index in [-0.39, 0.29) is 5.25 Å². The largest absolute Gasteiger partial charge is 0.302 e. The van der Waals surface area contributed by atoms with Crippen LogP contribution in [0.25, 0.3) is 0 Å². The molecule has 14 heavy (non-hydrogen) atoms. The van der Waals surface area contributed by atoms with Crippen molar-refractivity contribution in [1.29, 1.82) is 0 Å². The van der Waals surface area contributed by atoms with Gasteiger partial charge in [0.2, 0.25) is 0 Å². The molecular formula is C12H16OS. The van der Waals surface area contributed by atoms with Crippen molar-refractivity contribution in [3.8, 4) is 0 Å². The molecule has 0 aliphatic heterocycles. The monoisotopic (exact) mass is 208 g/mol. The van der Waals surface area contributed by atoms with Crippen LogP contribution in [0.5, 0.6) is 0 Å². The number of carbonyl (C=O) groups excluding carboxylic acids is 1. The molecule has 1 aromatic carbocycles. The standard InChI is InChI=1S/C12H16OS/c1-10(2)12(8-13)14-9-11-6-4-3-5-7-11/h3-8,10,12H,9H2,1-2H3/t12-/m1/s1. The fourth-order valence-corrected chi connectivity index (χ4v) is 2.20. The highest BCUT2D eigenvalue weighted by Gasteiger charge is 2.11. The van der Waals surface area contributed by atoms with Crippen molar-refractivity contribution in [3.05, 3.63) is 35.9 Å². The van der Waals surface area contributed by atoms with E-state index >= 15 is 0 Å². The second-order valence-electron chi connectivity index (χ2n) is 3.64. The van der Waals surface area contributed by atoms with Crippen molar-refractivity contribution in [2.45, 2.75) is 24.9 Å². The number of thioether (sulfide) groups is 1. The number of aldehydes is 1. The maximum atomic E-state index is 10.7. The number of benzene rings is 1. The van der Waals surface area contributed by atoms with Crippen molar-refractivity contribution in [1.82, 2.24) is 0 Å². The van der Waals surface area contributed by atoms with Gasteiger partial charge in [0.05, 0.1) is 5.25 Å². The van der Waals surface area contributed by atoms with Gasteiger partial charge in [-0.25, -0.2) is 0 Å². The van der Waals surface area contributed by atoms with E-state index in [1.165, 1.54) is 5.56 Å². The maximum absolute atomic E-state index is 10.7. The molecule has 0 aromatic heterocycles. The zero-order chi connectivity index (χ0) is 10.4. The first-order valence-corrected chi connectivity index (χ1v) is 5.89. The Balaban J connectivity index is 2.43. The molecule has 0 heterocycles. The number of rotatable bonds is 5. The van der Waals surface area contributed by atoms with E-state index < -0.39 is 0 Å². The van der Waals surface area contributed by atoms with E-state index in [4.69, 9.17) is 0 Å². The van der Waals surface area contributed by atoms with E-state index in [2.05, 4.69) is 26.0 Å². The van der Waals surface area contributed by atoms with Crippen molar-refractivity contribution in [3.63, 3.8) is 0 Å². The second kappa shape index (κ2) is 5.86.